The van der Waals surface area contributed by atoms with E-state index in [1.165, 1.54) is 0 Å². The first-order valence-electron chi connectivity index (χ1n) is 5.09. The number of aromatic nitrogens is 3. The Balaban J connectivity index is 2.51. The molecule has 84 valence electrons. The molecule has 1 heterocycles. The molecule has 2 aromatic rings. The maximum absolute atomic E-state index is 5.86. The summed E-state index contributed by atoms with van der Waals surface area (Å²) in [5.74, 6) is 1.27. The molecule has 16 heavy (non-hydrogen) atoms. The van der Waals surface area contributed by atoms with Gasteiger partial charge in [0.05, 0.1) is 17.9 Å². The maximum atomic E-state index is 5.86. The third-order valence-corrected chi connectivity index (χ3v) is 2.17. The topological polar surface area (TPSA) is 66.0 Å². The summed E-state index contributed by atoms with van der Waals surface area (Å²) in [7, 11) is 1.82. The lowest BCUT2D eigenvalue weighted by Gasteiger charge is -2.10. The van der Waals surface area contributed by atoms with E-state index in [-0.39, 0.29) is 0 Å². The Morgan fingerprint density at radius 1 is 1.44 bits per heavy atom. The Kier molecular flexibility index (Phi) is 2.76. The van der Waals surface area contributed by atoms with Gasteiger partial charge in [-0.05, 0) is 19.1 Å². The van der Waals surface area contributed by atoms with Gasteiger partial charge in [-0.25, -0.2) is 4.98 Å². The molecule has 1 aromatic heterocycles. The lowest BCUT2D eigenvalue weighted by atomic mass is 10.1. The van der Waals surface area contributed by atoms with Gasteiger partial charge in [0.2, 0.25) is 0 Å². The van der Waals surface area contributed by atoms with Crippen LogP contribution in [0.4, 0.5) is 5.69 Å². The summed E-state index contributed by atoms with van der Waals surface area (Å²) in [6.45, 7) is 2.48. The predicted molar refractivity (Wildman–Crippen MR) is 62.0 cm³/mol. The number of ether oxygens (including phenoxy) is 1. The van der Waals surface area contributed by atoms with Crippen molar-refractivity contribution in [1.29, 1.82) is 0 Å². The number of anilines is 1. The van der Waals surface area contributed by atoms with Gasteiger partial charge in [0.1, 0.15) is 6.33 Å². The number of benzene rings is 1. The van der Waals surface area contributed by atoms with Gasteiger partial charge in [0, 0.05) is 7.05 Å². The quantitative estimate of drug-likeness (QED) is 0.792. The maximum Gasteiger partial charge on any atom is 0.184 e. The summed E-state index contributed by atoms with van der Waals surface area (Å²) >= 11 is 0. The summed E-state index contributed by atoms with van der Waals surface area (Å²) < 4.78 is 7.16. The van der Waals surface area contributed by atoms with Gasteiger partial charge < -0.3 is 10.5 Å². The standard InChI is InChI=1S/C11H14N4O/c1-3-16-10-8(5-4-6-9(10)12)11-13-7-15(2)14-11/h4-7H,3,12H2,1-2H3. The first-order valence-corrected chi connectivity index (χ1v) is 5.09. The van der Waals surface area contributed by atoms with Crippen molar-refractivity contribution in [1.82, 2.24) is 14.8 Å². The van der Waals surface area contributed by atoms with E-state index in [1.807, 2.05) is 26.1 Å². The van der Waals surface area contributed by atoms with Crippen molar-refractivity contribution >= 4 is 5.69 Å². The number of rotatable bonds is 3. The van der Waals surface area contributed by atoms with Crippen molar-refractivity contribution in [3.05, 3.63) is 24.5 Å². The molecule has 0 bridgehead atoms. The van der Waals surface area contributed by atoms with E-state index in [1.54, 1.807) is 17.1 Å². The average molecular weight is 218 g/mol. The molecule has 0 spiro atoms. The lowest BCUT2D eigenvalue weighted by molar-refractivity contribution is 0.343. The summed E-state index contributed by atoms with van der Waals surface area (Å²) in [4.78, 5) is 4.19. The number of hydrogen-bond acceptors (Lipinski definition) is 4. The lowest BCUT2D eigenvalue weighted by Crippen LogP contribution is -1.99. The summed E-state index contributed by atoms with van der Waals surface area (Å²) in [6.07, 6.45) is 1.65. The smallest absolute Gasteiger partial charge is 0.184 e. The molecular formula is C11H14N4O. The van der Waals surface area contributed by atoms with Crippen molar-refractivity contribution in [2.24, 2.45) is 7.05 Å². The van der Waals surface area contributed by atoms with Crippen LogP contribution in [0.3, 0.4) is 0 Å². The predicted octanol–water partition coefficient (Wildman–Crippen LogP) is 1.46. The molecule has 0 saturated heterocycles. The number of nitrogens with two attached hydrogens (primary N) is 1. The van der Waals surface area contributed by atoms with Crippen molar-refractivity contribution in [3.63, 3.8) is 0 Å². The molecule has 0 fully saturated rings. The summed E-state index contributed by atoms with van der Waals surface area (Å²) in [5, 5.41) is 4.23. The molecule has 0 saturated carbocycles. The Hall–Kier alpha value is -2.04. The van der Waals surface area contributed by atoms with Crippen LogP contribution in [0.25, 0.3) is 11.4 Å². The minimum Gasteiger partial charge on any atom is -0.491 e. The van der Waals surface area contributed by atoms with Crippen molar-refractivity contribution in [2.75, 3.05) is 12.3 Å². The van der Waals surface area contributed by atoms with Crippen LogP contribution in [0.5, 0.6) is 5.75 Å². The molecule has 0 aliphatic rings. The number of hydrogen-bond donors (Lipinski definition) is 1. The Morgan fingerprint density at radius 2 is 2.25 bits per heavy atom. The van der Waals surface area contributed by atoms with Crippen LogP contribution in [-0.4, -0.2) is 21.4 Å². The fourth-order valence-corrected chi connectivity index (χ4v) is 1.50. The molecule has 2 rings (SSSR count). The van der Waals surface area contributed by atoms with Crippen molar-refractivity contribution in [3.8, 4) is 17.1 Å². The molecule has 5 heteroatoms. The zero-order chi connectivity index (χ0) is 11.5. The van der Waals surface area contributed by atoms with Gasteiger partial charge in [-0.15, -0.1) is 0 Å². The van der Waals surface area contributed by atoms with Crippen LogP contribution in [0.15, 0.2) is 24.5 Å². The van der Waals surface area contributed by atoms with E-state index < -0.39 is 0 Å². The van der Waals surface area contributed by atoms with Crippen LogP contribution in [-0.2, 0) is 7.05 Å². The van der Waals surface area contributed by atoms with E-state index in [4.69, 9.17) is 10.5 Å². The second kappa shape index (κ2) is 4.22. The molecule has 0 aliphatic heterocycles. The highest BCUT2D eigenvalue weighted by Crippen LogP contribution is 2.32. The van der Waals surface area contributed by atoms with E-state index in [2.05, 4.69) is 10.1 Å². The van der Waals surface area contributed by atoms with Crippen molar-refractivity contribution < 1.29 is 4.74 Å². The Morgan fingerprint density at radius 3 is 2.88 bits per heavy atom. The SMILES string of the molecule is CCOc1c(N)cccc1-c1ncn(C)n1. The minimum atomic E-state index is 0.564. The van der Waals surface area contributed by atoms with Gasteiger partial charge in [-0.3, -0.25) is 4.68 Å². The monoisotopic (exact) mass is 218 g/mol. The third-order valence-electron chi connectivity index (χ3n) is 2.17. The molecule has 0 atom stereocenters. The second-order valence-electron chi connectivity index (χ2n) is 3.40. The fraction of sp³-hybridized carbons (Fsp3) is 0.273. The highest BCUT2D eigenvalue weighted by molar-refractivity contribution is 5.72. The summed E-state index contributed by atoms with van der Waals surface area (Å²) in [6, 6.07) is 5.57. The first-order chi connectivity index (χ1) is 7.72. The molecule has 0 unspecified atom stereocenters. The van der Waals surface area contributed by atoms with Crippen LogP contribution < -0.4 is 10.5 Å². The van der Waals surface area contributed by atoms with Crippen molar-refractivity contribution in [2.45, 2.75) is 6.92 Å². The zero-order valence-electron chi connectivity index (χ0n) is 9.34. The van der Waals surface area contributed by atoms with Gasteiger partial charge in [0.15, 0.2) is 11.6 Å². The van der Waals surface area contributed by atoms with Crippen LogP contribution in [0.1, 0.15) is 6.92 Å². The number of para-hydroxylation sites is 1. The van der Waals surface area contributed by atoms with Gasteiger partial charge in [-0.1, -0.05) is 6.07 Å². The first kappa shape index (κ1) is 10.5. The number of nitrogens with zero attached hydrogens (tertiary/aromatic N) is 3. The molecule has 0 radical (unpaired) electrons. The van der Waals surface area contributed by atoms with Crippen LogP contribution in [0, 0.1) is 0 Å². The molecule has 5 nitrogen and oxygen atoms in total. The zero-order valence-corrected chi connectivity index (χ0v) is 9.34. The van der Waals surface area contributed by atoms with Gasteiger partial charge in [-0.2, -0.15) is 5.10 Å². The van der Waals surface area contributed by atoms with Gasteiger partial charge in [0.25, 0.3) is 0 Å². The van der Waals surface area contributed by atoms with E-state index >= 15 is 0 Å². The van der Waals surface area contributed by atoms with E-state index in [9.17, 15) is 0 Å². The van der Waals surface area contributed by atoms with Crippen LogP contribution >= 0.6 is 0 Å². The van der Waals surface area contributed by atoms with E-state index in [0.29, 0.717) is 23.9 Å². The molecule has 2 N–H and O–H groups in total. The third kappa shape index (κ3) is 1.84. The average Bonchev–Trinajstić information content (AvgIpc) is 2.68. The molecule has 0 amide bonds. The molecule has 1 aromatic carbocycles. The van der Waals surface area contributed by atoms with Crippen LogP contribution in [0.2, 0.25) is 0 Å². The number of nitrogen functional groups attached to an aromatic ring is 1. The second-order valence-corrected chi connectivity index (χ2v) is 3.40. The molecule has 0 aliphatic carbocycles. The highest BCUT2D eigenvalue weighted by atomic mass is 16.5. The Bertz CT molecular complexity index is 492. The van der Waals surface area contributed by atoms with Gasteiger partial charge >= 0.3 is 0 Å². The fourth-order valence-electron chi connectivity index (χ4n) is 1.50. The highest BCUT2D eigenvalue weighted by Gasteiger charge is 2.12. The Labute approximate surface area is 93.9 Å². The summed E-state index contributed by atoms with van der Waals surface area (Å²) in [5.41, 5.74) is 7.29. The van der Waals surface area contributed by atoms with E-state index in [0.717, 1.165) is 5.56 Å². The normalized spacial score (nSPS) is 10.4. The molecular weight excluding hydrogens is 204 g/mol. The minimum absolute atomic E-state index is 0.564. The number of aryl methyl sites for hydroxylation is 1. The largest absolute Gasteiger partial charge is 0.491 e.